The molecule has 0 fully saturated rings. The summed E-state index contributed by atoms with van der Waals surface area (Å²) >= 11 is 0. The number of nitrogens with zero attached hydrogens (tertiary/aromatic N) is 3. The summed E-state index contributed by atoms with van der Waals surface area (Å²) in [5.74, 6) is 0.993. The van der Waals surface area contributed by atoms with Gasteiger partial charge in [-0.2, -0.15) is 0 Å². The average Bonchev–Trinajstić information content (AvgIpc) is 2.46. The predicted molar refractivity (Wildman–Crippen MR) is 82.8 cm³/mol. The zero-order valence-corrected chi connectivity index (χ0v) is 12.2. The molecule has 1 atom stereocenters. The fourth-order valence-corrected chi connectivity index (χ4v) is 2.10. The highest BCUT2D eigenvalue weighted by Crippen LogP contribution is 2.11. The number of nitrogens with two attached hydrogens (primary N) is 1. The number of rotatable bonds is 6. The van der Waals surface area contributed by atoms with Crippen LogP contribution in [0.1, 0.15) is 18.1 Å². The third kappa shape index (κ3) is 4.31. The van der Waals surface area contributed by atoms with Gasteiger partial charge >= 0.3 is 0 Å². The van der Waals surface area contributed by atoms with Crippen molar-refractivity contribution in [1.82, 2.24) is 9.97 Å². The summed E-state index contributed by atoms with van der Waals surface area (Å²) in [6, 6.07) is 8.44. The summed E-state index contributed by atoms with van der Waals surface area (Å²) in [6.45, 7) is 2.94. The summed E-state index contributed by atoms with van der Waals surface area (Å²) in [6.07, 6.45) is 7.44. The lowest BCUT2D eigenvalue weighted by Crippen LogP contribution is -2.22. The van der Waals surface area contributed by atoms with E-state index >= 15 is 0 Å². The van der Waals surface area contributed by atoms with Crippen molar-refractivity contribution >= 4 is 5.82 Å². The molecule has 0 saturated carbocycles. The Bertz CT molecular complexity index is 508. The molecule has 0 aliphatic heterocycles. The molecule has 20 heavy (non-hydrogen) atoms. The highest BCUT2D eigenvalue weighted by Gasteiger charge is 2.04. The molecule has 2 aromatic heterocycles. The molecular weight excluding hydrogens is 248 g/mol. The van der Waals surface area contributed by atoms with Crippen molar-refractivity contribution in [2.24, 2.45) is 5.73 Å². The minimum Gasteiger partial charge on any atom is -0.359 e. The van der Waals surface area contributed by atoms with Crippen LogP contribution >= 0.6 is 0 Å². The molecular formula is C16H22N4. The first-order chi connectivity index (χ1) is 9.65. The van der Waals surface area contributed by atoms with Gasteiger partial charge in [-0.25, -0.2) is 4.98 Å². The van der Waals surface area contributed by atoms with Gasteiger partial charge in [0.15, 0.2) is 0 Å². The number of hydrogen-bond acceptors (Lipinski definition) is 4. The monoisotopic (exact) mass is 270 g/mol. The van der Waals surface area contributed by atoms with Crippen molar-refractivity contribution < 1.29 is 0 Å². The fourth-order valence-electron chi connectivity index (χ4n) is 2.10. The van der Waals surface area contributed by atoms with Gasteiger partial charge in [0.1, 0.15) is 5.82 Å². The van der Waals surface area contributed by atoms with Crippen LogP contribution in [0.3, 0.4) is 0 Å². The van der Waals surface area contributed by atoms with E-state index in [1.165, 1.54) is 11.1 Å². The van der Waals surface area contributed by atoms with Gasteiger partial charge in [-0.05, 0) is 49.1 Å². The van der Waals surface area contributed by atoms with Crippen LogP contribution in [0.2, 0.25) is 0 Å². The van der Waals surface area contributed by atoms with Crippen LogP contribution in [0.25, 0.3) is 0 Å². The van der Waals surface area contributed by atoms with E-state index in [1.807, 2.05) is 37.6 Å². The van der Waals surface area contributed by atoms with Gasteiger partial charge in [-0.15, -0.1) is 0 Å². The van der Waals surface area contributed by atoms with Crippen molar-refractivity contribution in [3.05, 3.63) is 54.0 Å². The van der Waals surface area contributed by atoms with Gasteiger partial charge < -0.3 is 10.6 Å². The van der Waals surface area contributed by atoms with E-state index in [0.717, 1.165) is 25.2 Å². The summed E-state index contributed by atoms with van der Waals surface area (Å²) in [5.41, 5.74) is 8.27. The summed E-state index contributed by atoms with van der Waals surface area (Å²) in [7, 11) is 2.06. The normalized spacial score (nSPS) is 12.2. The lowest BCUT2D eigenvalue weighted by molar-refractivity contribution is 0.735. The van der Waals surface area contributed by atoms with E-state index in [4.69, 9.17) is 5.73 Å². The molecule has 2 aromatic rings. The van der Waals surface area contributed by atoms with Crippen LogP contribution in [0.15, 0.2) is 42.9 Å². The van der Waals surface area contributed by atoms with E-state index in [1.54, 1.807) is 0 Å². The molecule has 0 amide bonds. The molecule has 0 saturated heterocycles. The van der Waals surface area contributed by atoms with Crippen molar-refractivity contribution in [3.63, 3.8) is 0 Å². The van der Waals surface area contributed by atoms with E-state index < -0.39 is 0 Å². The number of pyridine rings is 2. The third-order valence-electron chi connectivity index (χ3n) is 3.24. The zero-order chi connectivity index (χ0) is 14.4. The van der Waals surface area contributed by atoms with E-state index in [-0.39, 0.29) is 6.04 Å². The molecule has 0 aromatic carbocycles. The molecule has 0 aliphatic carbocycles. The van der Waals surface area contributed by atoms with Crippen LogP contribution in [0.4, 0.5) is 5.82 Å². The largest absolute Gasteiger partial charge is 0.359 e. The lowest BCUT2D eigenvalue weighted by Gasteiger charge is -2.18. The summed E-state index contributed by atoms with van der Waals surface area (Å²) < 4.78 is 0. The summed E-state index contributed by atoms with van der Waals surface area (Å²) in [4.78, 5) is 10.7. The Morgan fingerprint density at radius 3 is 2.50 bits per heavy atom. The first-order valence-corrected chi connectivity index (χ1v) is 6.95. The SMILES string of the molecule is CC(N)Cc1ccc(N(C)CCc2ccncc2)nc1. The van der Waals surface area contributed by atoms with E-state index in [0.29, 0.717) is 0 Å². The third-order valence-corrected chi connectivity index (χ3v) is 3.24. The second-order valence-electron chi connectivity index (χ2n) is 5.23. The van der Waals surface area contributed by atoms with Crippen LogP contribution in [-0.2, 0) is 12.8 Å². The summed E-state index contributed by atoms with van der Waals surface area (Å²) in [5, 5.41) is 0. The zero-order valence-electron chi connectivity index (χ0n) is 12.2. The van der Waals surface area contributed by atoms with Crippen molar-refractivity contribution in [2.75, 3.05) is 18.5 Å². The van der Waals surface area contributed by atoms with Crippen LogP contribution < -0.4 is 10.6 Å². The Morgan fingerprint density at radius 2 is 1.90 bits per heavy atom. The van der Waals surface area contributed by atoms with Gasteiger partial charge in [0.05, 0.1) is 0 Å². The molecule has 4 heteroatoms. The predicted octanol–water partition coefficient (Wildman–Crippen LogP) is 2.05. The standard InChI is InChI=1S/C16H22N4/c1-13(17)11-15-3-4-16(19-12-15)20(2)10-7-14-5-8-18-9-6-14/h3-6,8-9,12-13H,7,10-11,17H2,1-2H3. The van der Waals surface area contributed by atoms with Crippen molar-refractivity contribution in [2.45, 2.75) is 25.8 Å². The van der Waals surface area contributed by atoms with Gasteiger partial charge in [0.25, 0.3) is 0 Å². The second-order valence-corrected chi connectivity index (χ2v) is 5.23. The Labute approximate surface area is 120 Å². The molecule has 2 rings (SSSR count). The van der Waals surface area contributed by atoms with Gasteiger partial charge in [-0.3, -0.25) is 4.98 Å². The average molecular weight is 270 g/mol. The van der Waals surface area contributed by atoms with Crippen LogP contribution in [0, 0.1) is 0 Å². The maximum atomic E-state index is 5.79. The first kappa shape index (κ1) is 14.5. The maximum absolute atomic E-state index is 5.79. The minimum atomic E-state index is 0.173. The quantitative estimate of drug-likeness (QED) is 0.873. The van der Waals surface area contributed by atoms with E-state index in [9.17, 15) is 0 Å². The van der Waals surface area contributed by atoms with E-state index in [2.05, 4.69) is 34.0 Å². The topological polar surface area (TPSA) is 55.0 Å². The maximum Gasteiger partial charge on any atom is 0.128 e. The van der Waals surface area contributed by atoms with Crippen molar-refractivity contribution in [1.29, 1.82) is 0 Å². The molecule has 2 N–H and O–H groups in total. The minimum absolute atomic E-state index is 0.173. The highest BCUT2D eigenvalue weighted by molar-refractivity contribution is 5.38. The Balaban J connectivity index is 1.90. The van der Waals surface area contributed by atoms with Crippen LogP contribution in [0.5, 0.6) is 0 Å². The number of likely N-dealkylation sites (N-methyl/N-ethyl adjacent to an activating group) is 1. The Hall–Kier alpha value is -1.94. The number of anilines is 1. The molecule has 0 spiro atoms. The first-order valence-electron chi connectivity index (χ1n) is 6.95. The molecule has 0 aliphatic rings. The fraction of sp³-hybridized carbons (Fsp3) is 0.375. The molecule has 0 radical (unpaired) electrons. The van der Waals surface area contributed by atoms with Gasteiger partial charge in [0, 0.05) is 38.2 Å². The second kappa shape index (κ2) is 7.01. The number of hydrogen-bond donors (Lipinski definition) is 1. The molecule has 4 nitrogen and oxygen atoms in total. The number of aromatic nitrogens is 2. The van der Waals surface area contributed by atoms with Gasteiger partial charge in [-0.1, -0.05) is 6.07 Å². The van der Waals surface area contributed by atoms with Crippen molar-refractivity contribution in [3.8, 4) is 0 Å². The Morgan fingerprint density at radius 1 is 1.15 bits per heavy atom. The molecule has 106 valence electrons. The molecule has 2 heterocycles. The smallest absolute Gasteiger partial charge is 0.128 e. The molecule has 0 bridgehead atoms. The van der Waals surface area contributed by atoms with Gasteiger partial charge in [0.2, 0.25) is 0 Å². The highest BCUT2D eigenvalue weighted by atomic mass is 15.2. The van der Waals surface area contributed by atoms with Crippen LogP contribution in [-0.4, -0.2) is 29.6 Å². The molecule has 1 unspecified atom stereocenters. The Kier molecular flexibility index (Phi) is 5.07. The lowest BCUT2D eigenvalue weighted by atomic mass is 10.1.